The smallest absolute Gasteiger partial charge is 0.200 e. The molecule has 1 aromatic rings. The zero-order chi connectivity index (χ0) is 15.2. The van der Waals surface area contributed by atoms with Crippen molar-refractivity contribution < 1.29 is 14.6 Å². The number of phenolic OH excluding ortho intramolecular Hbond substituents is 1. The number of methoxy groups -OCH3 is 2. The fourth-order valence-electron chi connectivity index (χ4n) is 3.00. The Morgan fingerprint density at radius 3 is 2.19 bits per heavy atom. The van der Waals surface area contributed by atoms with Crippen LogP contribution >= 0.6 is 0 Å². The minimum Gasteiger partial charge on any atom is -0.502 e. The van der Waals surface area contributed by atoms with E-state index in [1.807, 2.05) is 12.1 Å². The molecule has 1 saturated carbocycles. The number of aromatic hydroxyl groups is 1. The van der Waals surface area contributed by atoms with Crippen LogP contribution in [0.4, 0.5) is 0 Å². The van der Waals surface area contributed by atoms with Crippen molar-refractivity contribution in [2.45, 2.75) is 39.2 Å². The Kier molecular flexibility index (Phi) is 5.74. The molecular weight excluding hydrogens is 266 g/mol. The topological polar surface area (TPSA) is 50.7 Å². The van der Waals surface area contributed by atoms with E-state index in [-0.39, 0.29) is 5.75 Å². The lowest BCUT2D eigenvalue weighted by Crippen LogP contribution is -2.25. The molecule has 0 aliphatic heterocycles. The SMILES string of the molecule is COc1cc(CNCC2CCC(C)CC2)cc(OC)c1O. The summed E-state index contributed by atoms with van der Waals surface area (Å²) >= 11 is 0. The molecular formula is C17H27NO3. The largest absolute Gasteiger partial charge is 0.502 e. The van der Waals surface area contributed by atoms with Gasteiger partial charge < -0.3 is 19.9 Å². The minimum absolute atomic E-state index is 0.0602. The van der Waals surface area contributed by atoms with Crippen LogP contribution in [-0.2, 0) is 6.54 Å². The van der Waals surface area contributed by atoms with Gasteiger partial charge in [0.2, 0.25) is 5.75 Å². The molecule has 0 amide bonds. The van der Waals surface area contributed by atoms with Crippen LogP contribution in [0.2, 0.25) is 0 Å². The van der Waals surface area contributed by atoms with E-state index in [1.165, 1.54) is 25.7 Å². The zero-order valence-electron chi connectivity index (χ0n) is 13.3. The summed E-state index contributed by atoms with van der Waals surface area (Å²) in [7, 11) is 3.10. The molecule has 1 aliphatic rings. The summed E-state index contributed by atoms with van der Waals surface area (Å²) in [4.78, 5) is 0. The Labute approximate surface area is 127 Å². The number of benzene rings is 1. The second-order valence-electron chi connectivity index (χ2n) is 6.11. The van der Waals surface area contributed by atoms with Crippen molar-refractivity contribution in [3.8, 4) is 17.2 Å². The first-order valence-corrected chi connectivity index (χ1v) is 7.78. The first-order valence-electron chi connectivity index (χ1n) is 7.78. The number of hydrogen-bond acceptors (Lipinski definition) is 4. The van der Waals surface area contributed by atoms with E-state index < -0.39 is 0 Å². The van der Waals surface area contributed by atoms with Crippen molar-refractivity contribution in [1.82, 2.24) is 5.32 Å². The predicted octanol–water partition coefficient (Wildman–Crippen LogP) is 3.33. The average molecular weight is 293 g/mol. The molecule has 0 unspecified atom stereocenters. The molecule has 0 spiro atoms. The maximum absolute atomic E-state index is 9.90. The van der Waals surface area contributed by atoms with Crippen LogP contribution in [0.5, 0.6) is 17.2 Å². The molecule has 2 rings (SSSR count). The van der Waals surface area contributed by atoms with Crippen LogP contribution in [0.25, 0.3) is 0 Å². The number of rotatable bonds is 6. The molecule has 0 saturated heterocycles. The van der Waals surface area contributed by atoms with Gasteiger partial charge in [-0.25, -0.2) is 0 Å². The average Bonchev–Trinajstić information content (AvgIpc) is 2.50. The van der Waals surface area contributed by atoms with Crippen molar-refractivity contribution in [2.24, 2.45) is 11.8 Å². The van der Waals surface area contributed by atoms with Gasteiger partial charge in [0.1, 0.15) is 0 Å². The number of nitrogens with one attached hydrogen (secondary N) is 1. The van der Waals surface area contributed by atoms with Crippen LogP contribution < -0.4 is 14.8 Å². The van der Waals surface area contributed by atoms with E-state index in [2.05, 4.69) is 12.2 Å². The summed E-state index contributed by atoms with van der Waals surface area (Å²) in [6, 6.07) is 3.71. The van der Waals surface area contributed by atoms with Gasteiger partial charge in [-0.3, -0.25) is 0 Å². The lowest BCUT2D eigenvalue weighted by molar-refractivity contribution is 0.281. The Morgan fingerprint density at radius 1 is 1.10 bits per heavy atom. The highest BCUT2D eigenvalue weighted by molar-refractivity contribution is 5.52. The van der Waals surface area contributed by atoms with Gasteiger partial charge in [-0.15, -0.1) is 0 Å². The van der Waals surface area contributed by atoms with Crippen molar-refractivity contribution in [3.05, 3.63) is 17.7 Å². The maximum atomic E-state index is 9.90. The highest BCUT2D eigenvalue weighted by Gasteiger charge is 2.18. The highest BCUT2D eigenvalue weighted by Crippen LogP contribution is 2.37. The Bertz CT molecular complexity index is 428. The standard InChI is InChI=1S/C17H27NO3/c1-12-4-6-13(7-5-12)10-18-11-14-8-15(20-2)17(19)16(9-14)21-3/h8-9,12-13,18-19H,4-7,10-11H2,1-3H3. The van der Waals surface area contributed by atoms with E-state index in [0.29, 0.717) is 11.5 Å². The molecule has 0 radical (unpaired) electrons. The molecule has 4 nitrogen and oxygen atoms in total. The Morgan fingerprint density at radius 2 is 1.67 bits per heavy atom. The summed E-state index contributed by atoms with van der Waals surface area (Å²) < 4.78 is 10.4. The molecule has 1 aromatic carbocycles. The van der Waals surface area contributed by atoms with Gasteiger partial charge in [0.05, 0.1) is 14.2 Å². The van der Waals surface area contributed by atoms with E-state index in [0.717, 1.165) is 30.5 Å². The molecule has 2 N–H and O–H groups in total. The minimum atomic E-state index is 0.0602. The number of phenols is 1. The third kappa shape index (κ3) is 4.27. The van der Waals surface area contributed by atoms with Crippen molar-refractivity contribution in [3.63, 3.8) is 0 Å². The number of hydrogen-bond donors (Lipinski definition) is 2. The summed E-state index contributed by atoms with van der Waals surface area (Å²) in [6.07, 6.45) is 5.37. The summed E-state index contributed by atoms with van der Waals surface area (Å²) in [5.74, 6) is 2.66. The first kappa shape index (κ1) is 16.0. The van der Waals surface area contributed by atoms with E-state index >= 15 is 0 Å². The molecule has 0 atom stereocenters. The normalized spacial score (nSPS) is 22.0. The van der Waals surface area contributed by atoms with Gasteiger partial charge >= 0.3 is 0 Å². The monoisotopic (exact) mass is 293 g/mol. The Hall–Kier alpha value is -1.42. The fourth-order valence-corrected chi connectivity index (χ4v) is 3.00. The fraction of sp³-hybridized carbons (Fsp3) is 0.647. The van der Waals surface area contributed by atoms with Crippen molar-refractivity contribution in [2.75, 3.05) is 20.8 Å². The molecule has 1 fully saturated rings. The summed E-state index contributed by atoms with van der Waals surface area (Å²) in [6.45, 7) is 4.16. The van der Waals surface area contributed by atoms with E-state index in [1.54, 1.807) is 14.2 Å². The van der Waals surface area contributed by atoms with Crippen LogP contribution in [-0.4, -0.2) is 25.9 Å². The third-order valence-electron chi connectivity index (χ3n) is 4.44. The Balaban J connectivity index is 1.88. The summed E-state index contributed by atoms with van der Waals surface area (Å²) in [5, 5.41) is 13.4. The molecule has 0 heterocycles. The van der Waals surface area contributed by atoms with E-state index in [4.69, 9.17) is 9.47 Å². The molecule has 21 heavy (non-hydrogen) atoms. The van der Waals surface area contributed by atoms with Crippen LogP contribution in [0.3, 0.4) is 0 Å². The van der Waals surface area contributed by atoms with Crippen molar-refractivity contribution in [1.29, 1.82) is 0 Å². The first-order chi connectivity index (χ1) is 10.1. The maximum Gasteiger partial charge on any atom is 0.200 e. The van der Waals surface area contributed by atoms with Gasteiger partial charge in [-0.05, 0) is 48.9 Å². The lowest BCUT2D eigenvalue weighted by Gasteiger charge is -2.26. The molecule has 4 heteroatoms. The highest BCUT2D eigenvalue weighted by atomic mass is 16.5. The third-order valence-corrected chi connectivity index (χ3v) is 4.44. The van der Waals surface area contributed by atoms with Gasteiger partial charge in [-0.1, -0.05) is 19.8 Å². The van der Waals surface area contributed by atoms with Crippen LogP contribution in [0.15, 0.2) is 12.1 Å². The quantitative estimate of drug-likeness (QED) is 0.844. The van der Waals surface area contributed by atoms with Crippen LogP contribution in [0, 0.1) is 11.8 Å². The predicted molar refractivity (Wildman–Crippen MR) is 84.0 cm³/mol. The second-order valence-corrected chi connectivity index (χ2v) is 6.11. The molecule has 0 bridgehead atoms. The van der Waals surface area contributed by atoms with Gasteiger partial charge in [0, 0.05) is 6.54 Å². The zero-order valence-corrected chi connectivity index (χ0v) is 13.3. The summed E-state index contributed by atoms with van der Waals surface area (Å²) in [5.41, 5.74) is 1.06. The van der Waals surface area contributed by atoms with Gasteiger partial charge in [0.25, 0.3) is 0 Å². The lowest BCUT2D eigenvalue weighted by atomic mass is 9.83. The van der Waals surface area contributed by atoms with Crippen molar-refractivity contribution >= 4 is 0 Å². The second kappa shape index (κ2) is 7.55. The van der Waals surface area contributed by atoms with Gasteiger partial charge in [-0.2, -0.15) is 0 Å². The van der Waals surface area contributed by atoms with Crippen LogP contribution in [0.1, 0.15) is 38.2 Å². The molecule has 1 aliphatic carbocycles. The number of ether oxygens (including phenoxy) is 2. The van der Waals surface area contributed by atoms with Gasteiger partial charge in [0.15, 0.2) is 11.5 Å². The molecule has 0 aromatic heterocycles. The van der Waals surface area contributed by atoms with E-state index in [9.17, 15) is 5.11 Å². The molecule has 118 valence electrons.